The SMILES string of the molecule is CC1(C)CC(=O)[C@H](CC2C(=O)c3ccccc3C2=O)C(=O)[C@H]1C(=O)C(=O)Nc1cccc2ccc(O)cc12. The van der Waals surface area contributed by atoms with E-state index in [-0.39, 0.29) is 35.4 Å². The van der Waals surface area contributed by atoms with Gasteiger partial charge in [-0.25, -0.2) is 0 Å². The number of carbonyl (C=O) groups excluding carboxylic acids is 6. The van der Waals surface area contributed by atoms with Gasteiger partial charge in [-0.05, 0) is 35.4 Å². The number of nitrogens with one attached hydrogen (secondary N) is 1. The minimum atomic E-state index is -1.43. The largest absolute Gasteiger partial charge is 0.508 e. The van der Waals surface area contributed by atoms with Gasteiger partial charge in [0.25, 0.3) is 5.91 Å². The van der Waals surface area contributed by atoms with Crippen LogP contribution < -0.4 is 5.32 Å². The second-order valence-corrected chi connectivity index (χ2v) is 10.6. The predicted molar refractivity (Wildman–Crippen MR) is 138 cm³/mol. The molecular weight excluding hydrogens is 486 g/mol. The molecule has 0 saturated heterocycles. The van der Waals surface area contributed by atoms with Crippen LogP contribution in [0.25, 0.3) is 10.8 Å². The Morgan fingerprint density at radius 3 is 2.21 bits per heavy atom. The van der Waals surface area contributed by atoms with E-state index in [0.29, 0.717) is 5.39 Å². The van der Waals surface area contributed by atoms with Crippen LogP contribution in [-0.4, -0.2) is 39.9 Å². The van der Waals surface area contributed by atoms with Crippen LogP contribution in [0.15, 0.2) is 60.7 Å². The average Bonchev–Trinajstić information content (AvgIpc) is 3.11. The van der Waals surface area contributed by atoms with Gasteiger partial charge in [0.05, 0.1) is 17.8 Å². The summed E-state index contributed by atoms with van der Waals surface area (Å²) in [5.41, 5.74) is -0.341. The summed E-state index contributed by atoms with van der Waals surface area (Å²) in [6.45, 7) is 3.15. The van der Waals surface area contributed by atoms with Crippen LogP contribution >= 0.6 is 0 Å². The number of ketones is 5. The fraction of sp³-hybridized carbons (Fsp3) is 0.267. The molecule has 0 bridgehead atoms. The fourth-order valence-electron chi connectivity index (χ4n) is 5.69. The summed E-state index contributed by atoms with van der Waals surface area (Å²) >= 11 is 0. The lowest BCUT2D eigenvalue weighted by Crippen LogP contribution is -2.52. The highest BCUT2D eigenvalue weighted by molar-refractivity contribution is 6.45. The van der Waals surface area contributed by atoms with Crippen LogP contribution in [0.4, 0.5) is 5.69 Å². The Morgan fingerprint density at radius 2 is 1.55 bits per heavy atom. The molecule has 2 aliphatic carbocycles. The van der Waals surface area contributed by atoms with E-state index in [2.05, 4.69) is 5.32 Å². The van der Waals surface area contributed by atoms with Crippen molar-refractivity contribution in [2.24, 2.45) is 23.2 Å². The number of anilines is 1. The average molecular weight is 512 g/mol. The zero-order chi connectivity index (χ0) is 27.4. The molecular formula is C30H25NO7. The van der Waals surface area contributed by atoms with E-state index in [0.717, 1.165) is 5.39 Å². The maximum absolute atomic E-state index is 13.6. The highest BCUT2D eigenvalue weighted by Gasteiger charge is 2.54. The molecule has 8 nitrogen and oxygen atoms in total. The highest BCUT2D eigenvalue weighted by atomic mass is 16.3. The normalized spacial score (nSPS) is 21.0. The molecule has 192 valence electrons. The Kier molecular flexibility index (Phi) is 6.06. The van der Waals surface area contributed by atoms with E-state index in [4.69, 9.17) is 0 Å². The number of amides is 1. The highest BCUT2D eigenvalue weighted by Crippen LogP contribution is 2.43. The number of hydrogen-bond donors (Lipinski definition) is 2. The molecule has 0 heterocycles. The standard InChI is InChI=1S/C30H25NO7/c1-30(2)14-23(33)20(13-21-25(34)17-7-3-4-8-18(17)26(21)35)27(36)24(30)28(37)29(38)31-22-9-5-6-15-10-11-16(32)12-19(15)22/h3-12,20-21,24,32H,13-14H2,1-2H3,(H,31,38)/t20-,24-/m0/s1. The van der Waals surface area contributed by atoms with E-state index in [1.165, 1.54) is 24.3 Å². The summed E-state index contributed by atoms with van der Waals surface area (Å²) in [6, 6.07) is 16.0. The molecule has 0 radical (unpaired) electrons. The van der Waals surface area contributed by atoms with Crippen LogP contribution in [0, 0.1) is 23.2 Å². The van der Waals surface area contributed by atoms with Crippen LogP contribution in [0.1, 0.15) is 47.4 Å². The molecule has 2 aliphatic rings. The van der Waals surface area contributed by atoms with E-state index in [1.807, 2.05) is 0 Å². The zero-order valence-corrected chi connectivity index (χ0v) is 20.8. The van der Waals surface area contributed by atoms with Crippen LogP contribution in [0.5, 0.6) is 5.75 Å². The molecule has 8 heteroatoms. The molecule has 0 aliphatic heterocycles. The van der Waals surface area contributed by atoms with Crippen LogP contribution in [0.3, 0.4) is 0 Å². The summed E-state index contributed by atoms with van der Waals surface area (Å²) in [6.07, 6.45) is -0.481. The van der Waals surface area contributed by atoms with E-state index in [1.54, 1.807) is 50.2 Å². The van der Waals surface area contributed by atoms with Crippen molar-refractivity contribution in [3.05, 3.63) is 71.8 Å². The van der Waals surface area contributed by atoms with Crippen molar-refractivity contribution in [3.8, 4) is 5.75 Å². The first kappa shape index (κ1) is 25.2. The van der Waals surface area contributed by atoms with Gasteiger partial charge in [0.2, 0.25) is 5.78 Å². The molecule has 0 spiro atoms. The number of Topliss-reactive ketones (excluding diaryl/α,β-unsaturated/α-hetero) is 5. The quantitative estimate of drug-likeness (QED) is 0.391. The smallest absolute Gasteiger partial charge is 0.292 e. The molecule has 38 heavy (non-hydrogen) atoms. The lowest BCUT2D eigenvalue weighted by atomic mass is 9.61. The lowest BCUT2D eigenvalue weighted by Gasteiger charge is -2.39. The Labute approximate surface area is 218 Å². The van der Waals surface area contributed by atoms with Gasteiger partial charge in [-0.15, -0.1) is 0 Å². The summed E-state index contributed by atoms with van der Waals surface area (Å²) in [7, 11) is 0. The summed E-state index contributed by atoms with van der Waals surface area (Å²) in [5, 5.41) is 13.6. The number of phenolic OH excluding ortho intramolecular Hbond substituents is 1. The number of carbonyl (C=O) groups is 6. The second-order valence-electron chi connectivity index (χ2n) is 10.6. The number of benzene rings is 3. The van der Waals surface area contributed by atoms with Crippen molar-refractivity contribution in [2.45, 2.75) is 26.7 Å². The number of fused-ring (bicyclic) bond motifs is 2. The van der Waals surface area contributed by atoms with Gasteiger partial charge in [0.15, 0.2) is 17.3 Å². The summed E-state index contributed by atoms with van der Waals surface area (Å²) in [4.78, 5) is 78.9. The molecule has 2 N–H and O–H groups in total. The third-order valence-corrected chi connectivity index (χ3v) is 7.59. The van der Waals surface area contributed by atoms with E-state index < -0.39 is 58.0 Å². The topological polar surface area (TPSA) is 135 Å². The van der Waals surface area contributed by atoms with Crippen LogP contribution in [0.2, 0.25) is 0 Å². The summed E-state index contributed by atoms with van der Waals surface area (Å²) in [5.74, 6) is -8.10. The van der Waals surface area contributed by atoms with Gasteiger partial charge in [0, 0.05) is 28.6 Å². The number of rotatable bonds is 5. The Bertz CT molecular complexity index is 1530. The molecule has 1 amide bonds. The zero-order valence-electron chi connectivity index (χ0n) is 20.8. The van der Waals surface area contributed by atoms with Gasteiger partial charge in [-0.2, -0.15) is 0 Å². The Hall–Kier alpha value is -4.46. The Morgan fingerprint density at radius 1 is 0.895 bits per heavy atom. The first-order valence-corrected chi connectivity index (χ1v) is 12.3. The minimum absolute atomic E-state index is 0.0198. The first-order chi connectivity index (χ1) is 18.0. The maximum Gasteiger partial charge on any atom is 0.292 e. The van der Waals surface area contributed by atoms with Gasteiger partial charge in [0.1, 0.15) is 11.5 Å². The van der Waals surface area contributed by atoms with Crippen LogP contribution in [-0.2, 0) is 19.2 Å². The van der Waals surface area contributed by atoms with Gasteiger partial charge < -0.3 is 10.4 Å². The summed E-state index contributed by atoms with van der Waals surface area (Å²) < 4.78 is 0. The van der Waals surface area contributed by atoms with Gasteiger partial charge >= 0.3 is 0 Å². The van der Waals surface area contributed by atoms with Crippen molar-refractivity contribution in [3.63, 3.8) is 0 Å². The first-order valence-electron chi connectivity index (χ1n) is 12.3. The molecule has 3 aromatic rings. The molecule has 3 aromatic carbocycles. The lowest BCUT2D eigenvalue weighted by molar-refractivity contribution is -0.153. The minimum Gasteiger partial charge on any atom is -0.508 e. The van der Waals surface area contributed by atoms with Crippen molar-refractivity contribution >= 4 is 51.3 Å². The van der Waals surface area contributed by atoms with Crippen molar-refractivity contribution in [2.75, 3.05) is 5.32 Å². The monoisotopic (exact) mass is 511 g/mol. The number of hydrogen-bond acceptors (Lipinski definition) is 7. The van der Waals surface area contributed by atoms with Gasteiger partial charge in [-0.3, -0.25) is 28.8 Å². The van der Waals surface area contributed by atoms with Gasteiger partial charge in [-0.1, -0.05) is 56.3 Å². The number of phenols is 1. The van der Waals surface area contributed by atoms with Crippen molar-refractivity contribution in [1.29, 1.82) is 0 Å². The number of aromatic hydroxyl groups is 1. The molecule has 1 fully saturated rings. The molecule has 5 rings (SSSR count). The second kappa shape index (κ2) is 9.13. The van der Waals surface area contributed by atoms with Crippen molar-refractivity contribution < 1.29 is 33.9 Å². The Balaban J connectivity index is 1.40. The molecule has 2 atom stereocenters. The molecule has 0 aromatic heterocycles. The third-order valence-electron chi connectivity index (χ3n) is 7.59. The molecule has 1 saturated carbocycles. The third kappa shape index (κ3) is 4.12. The predicted octanol–water partition coefficient (Wildman–Crippen LogP) is 3.94. The van der Waals surface area contributed by atoms with E-state index in [9.17, 15) is 33.9 Å². The maximum atomic E-state index is 13.6. The van der Waals surface area contributed by atoms with E-state index >= 15 is 0 Å². The molecule has 0 unspecified atom stereocenters. The van der Waals surface area contributed by atoms with Crippen molar-refractivity contribution in [1.82, 2.24) is 0 Å². The fourth-order valence-corrected chi connectivity index (χ4v) is 5.69.